The standard InChI is InChI=1S/C9H10N2O4S2/c12-6-8-1-2-9(16-8)17(13,14)10-5-7-3-4-15-11-7/h1-4,10,12H,5-6H2. The van der Waals surface area contributed by atoms with Crippen molar-refractivity contribution in [3.63, 3.8) is 0 Å². The third-order valence-corrected chi connectivity index (χ3v) is 4.96. The second kappa shape index (κ2) is 4.96. The number of nitrogens with zero attached hydrogens (tertiary/aromatic N) is 1. The molecule has 0 aliphatic rings. The summed E-state index contributed by atoms with van der Waals surface area (Å²) in [5, 5.41) is 12.5. The summed E-state index contributed by atoms with van der Waals surface area (Å²) in [6.45, 7) is -0.0886. The molecule has 0 bridgehead atoms. The minimum absolute atomic E-state index is 0.0746. The third-order valence-electron chi connectivity index (χ3n) is 1.99. The molecular formula is C9H10N2O4S2. The molecule has 2 aromatic heterocycles. The van der Waals surface area contributed by atoms with Crippen LogP contribution in [0.3, 0.4) is 0 Å². The number of aliphatic hydroxyl groups is 1. The van der Waals surface area contributed by atoms with Crippen molar-refractivity contribution in [3.8, 4) is 0 Å². The van der Waals surface area contributed by atoms with Crippen molar-refractivity contribution in [1.82, 2.24) is 9.88 Å². The molecule has 0 saturated carbocycles. The molecular weight excluding hydrogens is 264 g/mol. The lowest BCUT2D eigenvalue weighted by Gasteiger charge is -2.01. The van der Waals surface area contributed by atoms with Gasteiger partial charge >= 0.3 is 0 Å². The van der Waals surface area contributed by atoms with Gasteiger partial charge in [-0.05, 0) is 12.1 Å². The van der Waals surface area contributed by atoms with Crippen LogP contribution in [-0.2, 0) is 23.2 Å². The average molecular weight is 274 g/mol. The smallest absolute Gasteiger partial charge is 0.250 e. The van der Waals surface area contributed by atoms with E-state index in [1.54, 1.807) is 12.1 Å². The zero-order chi connectivity index (χ0) is 12.3. The Morgan fingerprint density at radius 3 is 2.82 bits per heavy atom. The first-order chi connectivity index (χ1) is 8.12. The van der Waals surface area contributed by atoms with Crippen LogP contribution in [0.1, 0.15) is 10.6 Å². The van der Waals surface area contributed by atoms with Crippen LogP contribution in [0.25, 0.3) is 0 Å². The van der Waals surface area contributed by atoms with Gasteiger partial charge < -0.3 is 9.63 Å². The van der Waals surface area contributed by atoms with Crippen LogP contribution >= 0.6 is 11.3 Å². The van der Waals surface area contributed by atoms with E-state index in [4.69, 9.17) is 5.11 Å². The SMILES string of the molecule is O=S(=O)(NCc1ccon1)c1ccc(CO)s1. The van der Waals surface area contributed by atoms with Gasteiger partial charge in [0.05, 0.1) is 18.8 Å². The highest BCUT2D eigenvalue weighted by Gasteiger charge is 2.16. The van der Waals surface area contributed by atoms with Gasteiger partial charge in [-0.3, -0.25) is 0 Å². The van der Waals surface area contributed by atoms with Crippen molar-refractivity contribution >= 4 is 21.4 Å². The Balaban J connectivity index is 2.08. The second-order valence-corrected chi connectivity index (χ2v) is 6.36. The van der Waals surface area contributed by atoms with Gasteiger partial charge in [0.1, 0.15) is 10.5 Å². The fourth-order valence-electron chi connectivity index (χ4n) is 1.16. The molecule has 17 heavy (non-hydrogen) atoms. The summed E-state index contributed by atoms with van der Waals surface area (Å²) in [5.74, 6) is 0. The quantitative estimate of drug-likeness (QED) is 0.837. The highest BCUT2D eigenvalue weighted by Crippen LogP contribution is 2.21. The third kappa shape index (κ3) is 2.91. The second-order valence-electron chi connectivity index (χ2n) is 3.19. The Hall–Kier alpha value is -1.22. The Morgan fingerprint density at radius 1 is 1.41 bits per heavy atom. The monoisotopic (exact) mass is 274 g/mol. The van der Waals surface area contributed by atoms with Crippen LogP contribution in [0.15, 0.2) is 33.2 Å². The summed E-state index contributed by atoms with van der Waals surface area (Å²) in [4.78, 5) is 0.604. The Labute approximate surface area is 102 Å². The van der Waals surface area contributed by atoms with Crippen LogP contribution in [-0.4, -0.2) is 18.7 Å². The van der Waals surface area contributed by atoms with Crippen LogP contribution < -0.4 is 4.72 Å². The Morgan fingerprint density at radius 2 is 2.24 bits per heavy atom. The average Bonchev–Trinajstić information content (AvgIpc) is 2.98. The van der Waals surface area contributed by atoms with Gasteiger partial charge in [-0.1, -0.05) is 5.16 Å². The highest BCUT2D eigenvalue weighted by molar-refractivity contribution is 7.91. The van der Waals surface area contributed by atoms with Crippen LogP contribution in [0.2, 0.25) is 0 Å². The number of nitrogens with one attached hydrogen (secondary N) is 1. The van der Waals surface area contributed by atoms with E-state index in [2.05, 4.69) is 14.4 Å². The van der Waals surface area contributed by atoms with Crippen LogP contribution in [0.4, 0.5) is 0 Å². The van der Waals surface area contributed by atoms with E-state index >= 15 is 0 Å². The molecule has 0 fully saturated rings. The van der Waals surface area contributed by atoms with Gasteiger partial charge in [-0.15, -0.1) is 11.3 Å². The van der Waals surface area contributed by atoms with Gasteiger partial charge in [0.25, 0.3) is 0 Å². The number of thiophene rings is 1. The van der Waals surface area contributed by atoms with E-state index in [0.29, 0.717) is 10.6 Å². The molecule has 92 valence electrons. The molecule has 0 aliphatic heterocycles. The molecule has 0 aromatic carbocycles. The number of rotatable bonds is 5. The summed E-state index contributed by atoms with van der Waals surface area (Å²) in [6.07, 6.45) is 1.37. The van der Waals surface area contributed by atoms with E-state index < -0.39 is 10.0 Å². The number of aliphatic hydroxyl groups excluding tert-OH is 1. The van der Waals surface area contributed by atoms with E-state index in [9.17, 15) is 8.42 Å². The molecule has 0 spiro atoms. The van der Waals surface area contributed by atoms with Crippen molar-refractivity contribution in [2.24, 2.45) is 0 Å². The summed E-state index contributed by atoms with van der Waals surface area (Å²) >= 11 is 1.03. The molecule has 0 aliphatic carbocycles. The molecule has 2 heterocycles. The molecule has 2 aromatic rings. The number of sulfonamides is 1. The van der Waals surface area contributed by atoms with Crippen molar-refractivity contribution < 1.29 is 18.0 Å². The summed E-state index contributed by atoms with van der Waals surface area (Å²) in [7, 11) is -3.55. The molecule has 2 N–H and O–H groups in total. The van der Waals surface area contributed by atoms with E-state index in [1.807, 2.05) is 0 Å². The lowest BCUT2D eigenvalue weighted by atomic mass is 10.5. The predicted molar refractivity (Wildman–Crippen MR) is 60.8 cm³/mol. The van der Waals surface area contributed by atoms with Gasteiger partial charge in [0.2, 0.25) is 10.0 Å². The van der Waals surface area contributed by atoms with Crippen molar-refractivity contribution in [2.45, 2.75) is 17.4 Å². The maximum absolute atomic E-state index is 11.8. The van der Waals surface area contributed by atoms with E-state index in [0.717, 1.165) is 11.3 Å². The topological polar surface area (TPSA) is 92.4 Å². The normalized spacial score (nSPS) is 11.8. The minimum atomic E-state index is -3.55. The lowest BCUT2D eigenvalue weighted by molar-refractivity contribution is 0.285. The maximum Gasteiger partial charge on any atom is 0.250 e. The summed E-state index contributed by atoms with van der Waals surface area (Å²) in [5.41, 5.74) is 0.507. The number of hydrogen-bond acceptors (Lipinski definition) is 6. The molecule has 8 heteroatoms. The zero-order valence-electron chi connectivity index (χ0n) is 8.66. The van der Waals surface area contributed by atoms with Crippen LogP contribution in [0, 0.1) is 0 Å². The fraction of sp³-hybridized carbons (Fsp3) is 0.222. The predicted octanol–water partition coefficient (Wildman–Crippen LogP) is 0.707. The first-order valence-corrected chi connectivity index (χ1v) is 7.00. The largest absolute Gasteiger partial charge is 0.391 e. The summed E-state index contributed by atoms with van der Waals surface area (Å²) < 4.78 is 30.8. The van der Waals surface area contributed by atoms with Crippen molar-refractivity contribution in [1.29, 1.82) is 0 Å². The van der Waals surface area contributed by atoms with Gasteiger partial charge in [-0.2, -0.15) is 0 Å². The molecule has 0 radical (unpaired) electrons. The molecule has 0 amide bonds. The number of aromatic nitrogens is 1. The summed E-state index contributed by atoms with van der Waals surface area (Å²) in [6, 6.07) is 4.62. The van der Waals surface area contributed by atoms with Crippen LogP contribution in [0.5, 0.6) is 0 Å². The van der Waals surface area contributed by atoms with Gasteiger partial charge in [-0.25, -0.2) is 13.1 Å². The molecule has 0 unspecified atom stereocenters. The minimum Gasteiger partial charge on any atom is -0.391 e. The van der Waals surface area contributed by atoms with Gasteiger partial charge in [0.15, 0.2) is 0 Å². The highest BCUT2D eigenvalue weighted by atomic mass is 32.2. The van der Waals surface area contributed by atoms with E-state index in [1.165, 1.54) is 12.3 Å². The van der Waals surface area contributed by atoms with Crippen molar-refractivity contribution in [2.75, 3.05) is 0 Å². The molecule has 2 rings (SSSR count). The molecule has 0 saturated heterocycles. The lowest BCUT2D eigenvalue weighted by Crippen LogP contribution is -2.22. The number of hydrogen-bond donors (Lipinski definition) is 2. The Kier molecular flexibility index (Phi) is 3.57. The maximum atomic E-state index is 11.8. The molecule has 6 nitrogen and oxygen atoms in total. The molecule has 0 atom stereocenters. The van der Waals surface area contributed by atoms with Crippen molar-refractivity contribution in [3.05, 3.63) is 35.0 Å². The van der Waals surface area contributed by atoms with E-state index in [-0.39, 0.29) is 17.4 Å². The fourth-order valence-corrected chi connectivity index (χ4v) is 3.42. The first kappa shape index (κ1) is 12.2. The first-order valence-electron chi connectivity index (χ1n) is 4.70. The Bertz CT molecular complexity index is 574. The zero-order valence-corrected chi connectivity index (χ0v) is 10.3. The van der Waals surface area contributed by atoms with Gasteiger partial charge in [0, 0.05) is 10.9 Å².